The molecule has 162 valence electrons. The zero-order valence-corrected chi connectivity index (χ0v) is 18.9. The van der Waals surface area contributed by atoms with Crippen LogP contribution in [0.25, 0.3) is 0 Å². The maximum atomic E-state index is 4.74. The Bertz CT molecular complexity index is 802. The summed E-state index contributed by atoms with van der Waals surface area (Å²) in [5.41, 5.74) is 5.12. The third kappa shape index (κ3) is 6.73. The summed E-state index contributed by atoms with van der Waals surface area (Å²) in [6.45, 7) is 13.0. The Morgan fingerprint density at radius 1 is 1.00 bits per heavy atom. The number of nitrogens with one attached hydrogen (secondary N) is 2. The van der Waals surface area contributed by atoms with E-state index in [1.807, 2.05) is 6.20 Å². The van der Waals surface area contributed by atoms with E-state index in [9.17, 15) is 0 Å². The minimum Gasteiger partial charge on any atom is -0.357 e. The SMILES string of the molecule is CCNC(=NCc1ccc(N2CCN(C)CC2)nc1)NCCc1cc(C)cc(C)c1. The summed E-state index contributed by atoms with van der Waals surface area (Å²) in [6.07, 6.45) is 2.93. The van der Waals surface area contributed by atoms with Gasteiger partial charge in [0, 0.05) is 45.5 Å². The molecule has 6 heteroatoms. The number of piperazine rings is 1. The minimum atomic E-state index is 0.620. The van der Waals surface area contributed by atoms with Crippen LogP contribution >= 0.6 is 0 Å². The quantitative estimate of drug-likeness (QED) is 0.545. The van der Waals surface area contributed by atoms with Crippen LogP contribution in [-0.4, -0.2) is 62.2 Å². The lowest BCUT2D eigenvalue weighted by Gasteiger charge is -2.33. The number of rotatable bonds is 7. The van der Waals surface area contributed by atoms with E-state index in [2.05, 4.69) is 83.6 Å². The minimum absolute atomic E-state index is 0.620. The van der Waals surface area contributed by atoms with E-state index in [1.54, 1.807) is 0 Å². The second-order valence-electron chi connectivity index (χ2n) is 8.18. The highest BCUT2D eigenvalue weighted by molar-refractivity contribution is 5.79. The summed E-state index contributed by atoms with van der Waals surface area (Å²) >= 11 is 0. The first kappa shape index (κ1) is 22.1. The van der Waals surface area contributed by atoms with Crippen molar-refractivity contribution in [1.29, 1.82) is 0 Å². The van der Waals surface area contributed by atoms with Gasteiger partial charge >= 0.3 is 0 Å². The number of aromatic nitrogens is 1. The number of hydrogen-bond donors (Lipinski definition) is 2. The summed E-state index contributed by atoms with van der Waals surface area (Å²) in [4.78, 5) is 14.1. The van der Waals surface area contributed by atoms with Gasteiger partial charge in [-0.2, -0.15) is 0 Å². The molecular weight excluding hydrogens is 372 g/mol. The van der Waals surface area contributed by atoms with Gasteiger partial charge in [-0.1, -0.05) is 35.4 Å². The van der Waals surface area contributed by atoms with Crippen molar-refractivity contribution in [2.24, 2.45) is 4.99 Å². The van der Waals surface area contributed by atoms with Crippen molar-refractivity contribution >= 4 is 11.8 Å². The first-order chi connectivity index (χ1) is 14.5. The molecule has 2 aromatic rings. The van der Waals surface area contributed by atoms with Gasteiger partial charge in [0.2, 0.25) is 0 Å². The molecular formula is C24H36N6. The molecule has 30 heavy (non-hydrogen) atoms. The third-order valence-electron chi connectivity index (χ3n) is 5.39. The number of aliphatic imine (C=N–C) groups is 1. The Balaban J connectivity index is 1.52. The van der Waals surface area contributed by atoms with E-state index in [-0.39, 0.29) is 0 Å². The van der Waals surface area contributed by atoms with Gasteiger partial charge in [0.15, 0.2) is 5.96 Å². The van der Waals surface area contributed by atoms with E-state index >= 15 is 0 Å². The molecule has 1 aliphatic heterocycles. The van der Waals surface area contributed by atoms with E-state index in [4.69, 9.17) is 4.99 Å². The van der Waals surface area contributed by atoms with Crippen LogP contribution in [0.2, 0.25) is 0 Å². The fraction of sp³-hybridized carbons (Fsp3) is 0.500. The number of aryl methyl sites for hydroxylation is 2. The van der Waals surface area contributed by atoms with E-state index in [0.717, 1.165) is 63.0 Å². The van der Waals surface area contributed by atoms with Gasteiger partial charge in [-0.3, -0.25) is 0 Å². The maximum absolute atomic E-state index is 4.74. The van der Waals surface area contributed by atoms with Crippen LogP contribution in [0.3, 0.4) is 0 Å². The molecule has 1 aromatic carbocycles. The second kappa shape index (κ2) is 11.0. The molecule has 3 rings (SSSR count). The molecule has 0 unspecified atom stereocenters. The Labute approximate surface area is 181 Å². The summed E-state index contributed by atoms with van der Waals surface area (Å²) in [5.74, 6) is 1.92. The van der Waals surface area contributed by atoms with Crippen molar-refractivity contribution in [2.45, 2.75) is 33.7 Å². The molecule has 0 amide bonds. The Kier molecular flexibility index (Phi) is 8.08. The number of likely N-dealkylation sites (N-methyl/N-ethyl adjacent to an activating group) is 1. The molecule has 0 aliphatic carbocycles. The molecule has 2 N–H and O–H groups in total. The van der Waals surface area contributed by atoms with Crippen molar-refractivity contribution in [3.63, 3.8) is 0 Å². The highest BCUT2D eigenvalue weighted by atomic mass is 15.3. The topological polar surface area (TPSA) is 55.8 Å². The van der Waals surface area contributed by atoms with Crippen LogP contribution in [0.5, 0.6) is 0 Å². The van der Waals surface area contributed by atoms with E-state index in [1.165, 1.54) is 16.7 Å². The predicted molar refractivity (Wildman–Crippen MR) is 126 cm³/mol. The highest BCUT2D eigenvalue weighted by Crippen LogP contribution is 2.14. The molecule has 0 spiro atoms. The van der Waals surface area contributed by atoms with Gasteiger partial charge in [0.05, 0.1) is 6.54 Å². The zero-order valence-electron chi connectivity index (χ0n) is 18.9. The molecule has 0 radical (unpaired) electrons. The molecule has 1 aliphatic rings. The van der Waals surface area contributed by atoms with Crippen molar-refractivity contribution < 1.29 is 0 Å². The van der Waals surface area contributed by atoms with Crippen LogP contribution in [-0.2, 0) is 13.0 Å². The average molecular weight is 409 g/mol. The van der Waals surface area contributed by atoms with Gasteiger partial charge in [0.1, 0.15) is 5.82 Å². The van der Waals surface area contributed by atoms with Gasteiger partial charge in [-0.15, -0.1) is 0 Å². The summed E-state index contributed by atoms with van der Waals surface area (Å²) in [5, 5.41) is 6.79. The van der Waals surface area contributed by atoms with Gasteiger partial charge in [-0.25, -0.2) is 9.98 Å². The van der Waals surface area contributed by atoms with Crippen LogP contribution in [0.4, 0.5) is 5.82 Å². The summed E-state index contributed by atoms with van der Waals surface area (Å²) in [7, 11) is 2.17. The van der Waals surface area contributed by atoms with Crippen molar-refractivity contribution in [1.82, 2.24) is 20.5 Å². The summed E-state index contributed by atoms with van der Waals surface area (Å²) < 4.78 is 0. The second-order valence-corrected chi connectivity index (χ2v) is 8.18. The molecule has 0 saturated carbocycles. The lowest BCUT2D eigenvalue weighted by atomic mass is 10.1. The van der Waals surface area contributed by atoms with Crippen molar-refractivity contribution in [2.75, 3.05) is 51.2 Å². The normalized spacial score (nSPS) is 15.3. The highest BCUT2D eigenvalue weighted by Gasteiger charge is 2.14. The number of nitrogens with zero attached hydrogens (tertiary/aromatic N) is 4. The van der Waals surface area contributed by atoms with Gasteiger partial charge in [0.25, 0.3) is 0 Å². The lowest BCUT2D eigenvalue weighted by Crippen LogP contribution is -2.44. The average Bonchev–Trinajstić information content (AvgIpc) is 2.72. The Morgan fingerprint density at radius 2 is 1.73 bits per heavy atom. The zero-order chi connectivity index (χ0) is 21.3. The monoisotopic (exact) mass is 408 g/mol. The molecule has 1 fully saturated rings. The van der Waals surface area contributed by atoms with Gasteiger partial charge < -0.3 is 20.4 Å². The number of anilines is 1. The third-order valence-corrected chi connectivity index (χ3v) is 5.39. The largest absolute Gasteiger partial charge is 0.357 e. The van der Waals surface area contributed by atoms with E-state index < -0.39 is 0 Å². The molecule has 1 aromatic heterocycles. The van der Waals surface area contributed by atoms with Crippen molar-refractivity contribution in [3.05, 3.63) is 58.8 Å². The maximum Gasteiger partial charge on any atom is 0.191 e. The van der Waals surface area contributed by atoms with Crippen LogP contribution < -0.4 is 15.5 Å². The van der Waals surface area contributed by atoms with Gasteiger partial charge in [-0.05, 0) is 51.4 Å². The first-order valence-corrected chi connectivity index (χ1v) is 11.0. The fourth-order valence-corrected chi connectivity index (χ4v) is 3.78. The van der Waals surface area contributed by atoms with E-state index in [0.29, 0.717) is 6.54 Å². The molecule has 1 saturated heterocycles. The van der Waals surface area contributed by atoms with Crippen molar-refractivity contribution in [3.8, 4) is 0 Å². The lowest BCUT2D eigenvalue weighted by molar-refractivity contribution is 0.312. The van der Waals surface area contributed by atoms with Crippen LogP contribution in [0, 0.1) is 13.8 Å². The number of guanidine groups is 1. The molecule has 0 bridgehead atoms. The fourth-order valence-electron chi connectivity index (χ4n) is 3.78. The molecule has 6 nitrogen and oxygen atoms in total. The Hall–Kier alpha value is -2.60. The molecule has 0 atom stereocenters. The summed E-state index contributed by atoms with van der Waals surface area (Å²) in [6, 6.07) is 11.0. The standard InChI is InChI=1S/C24H36N6/c1-5-25-24(26-9-8-21-15-19(2)14-20(3)16-21)28-18-22-6-7-23(27-17-22)30-12-10-29(4)11-13-30/h6-7,14-17H,5,8-13,18H2,1-4H3,(H2,25,26,28). The Morgan fingerprint density at radius 3 is 2.37 bits per heavy atom. The first-order valence-electron chi connectivity index (χ1n) is 11.0. The smallest absolute Gasteiger partial charge is 0.191 e. The van der Waals surface area contributed by atoms with Crippen LogP contribution in [0.1, 0.15) is 29.2 Å². The van der Waals surface area contributed by atoms with Crippen LogP contribution in [0.15, 0.2) is 41.5 Å². The number of benzene rings is 1. The number of pyridine rings is 1. The molecule has 2 heterocycles. The number of hydrogen-bond acceptors (Lipinski definition) is 4. The predicted octanol–water partition coefficient (Wildman–Crippen LogP) is 2.75.